The molecule has 0 N–H and O–H groups in total. The second-order valence-electron chi connectivity index (χ2n) is 2.51. The molecule has 68 valence electrons. The van der Waals surface area contributed by atoms with E-state index >= 15 is 0 Å². The summed E-state index contributed by atoms with van der Waals surface area (Å²) in [7, 11) is 0. The van der Waals surface area contributed by atoms with Gasteiger partial charge in [-0.15, -0.1) is 0 Å². The van der Waals surface area contributed by atoms with Gasteiger partial charge in [-0.05, 0) is 24.3 Å². The summed E-state index contributed by atoms with van der Waals surface area (Å²) in [6.07, 6.45) is 1.08. The summed E-state index contributed by atoms with van der Waals surface area (Å²) in [5, 5.41) is 0. The number of hydrogen-bond donors (Lipinski definition) is 0. The molecule has 0 spiro atoms. The van der Waals surface area contributed by atoms with E-state index in [-0.39, 0.29) is 5.97 Å². The number of ether oxygens (including phenoxy) is 1. The number of carbonyl (C=O) groups excluding carboxylic acids is 2. The van der Waals surface area contributed by atoms with Crippen LogP contribution in [0.4, 0.5) is 0 Å². The normalized spacial score (nSPS) is 9.31. The average Bonchev–Trinajstić information content (AvgIpc) is 2.19. The number of hydrogen-bond acceptors (Lipinski definition) is 3. The molecule has 3 nitrogen and oxygen atoms in total. The van der Waals surface area contributed by atoms with Crippen LogP contribution in [-0.2, 0) is 4.79 Å². The molecular formula is C10H10O3. The van der Waals surface area contributed by atoms with Gasteiger partial charge >= 0.3 is 5.97 Å². The van der Waals surface area contributed by atoms with Gasteiger partial charge in [-0.3, -0.25) is 9.59 Å². The number of rotatable bonds is 3. The van der Waals surface area contributed by atoms with Crippen molar-refractivity contribution in [2.24, 2.45) is 0 Å². The van der Waals surface area contributed by atoms with Crippen molar-refractivity contribution < 1.29 is 14.3 Å². The largest absolute Gasteiger partial charge is 0.427 e. The number of esters is 1. The van der Waals surface area contributed by atoms with Crippen LogP contribution in [0.1, 0.15) is 23.7 Å². The monoisotopic (exact) mass is 178 g/mol. The van der Waals surface area contributed by atoms with Gasteiger partial charge in [0.25, 0.3) is 0 Å². The zero-order valence-electron chi connectivity index (χ0n) is 7.32. The summed E-state index contributed by atoms with van der Waals surface area (Å²) >= 11 is 0. The predicted molar refractivity (Wildman–Crippen MR) is 47.8 cm³/mol. The first-order valence-corrected chi connectivity index (χ1v) is 4.02. The van der Waals surface area contributed by atoms with Crippen LogP contribution in [-0.4, -0.2) is 12.3 Å². The van der Waals surface area contributed by atoms with Gasteiger partial charge < -0.3 is 4.74 Å². The number of aldehydes is 1. The maximum atomic E-state index is 10.8. The van der Waals surface area contributed by atoms with Crippen LogP contribution in [0.2, 0.25) is 0 Å². The van der Waals surface area contributed by atoms with Crippen LogP contribution in [0.25, 0.3) is 0 Å². The fourth-order valence-corrected chi connectivity index (χ4v) is 0.818. The zero-order chi connectivity index (χ0) is 9.68. The molecule has 13 heavy (non-hydrogen) atoms. The van der Waals surface area contributed by atoms with Gasteiger partial charge in [0.2, 0.25) is 0 Å². The van der Waals surface area contributed by atoms with Crippen LogP contribution in [0.15, 0.2) is 24.3 Å². The lowest BCUT2D eigenvalue weighted by atomic mass is 10.2. The Morgan fingerprint density at radius 3 is 2.46 bits per heavy atom. The molecule has 0 aliphatic rings. The van der Waals surface area contributed by atoms with Crippen molar-refractivity contribution in [2.45, 2.75) is 13.3 Å². The van der Waals surface area contributed by atoms with E-state index in [9.17, 15) is 9.59 Å². The molecule has 0 unspecified atom stereocenters. The Morgan fingerprint density at radius 1 is 1.38 bits per heavy atom. The van der Waals surface area contributed by atoms with Crippen molar-refractivity contribution in [3.05, 3.63) is 29.8 Å². The lowest BCUT2D eigenvalue weighted by Crippen LogP contribution is -2.05. The molecule has 1 aromatic carbocycles. The molecule has 1 rings (SSSR count). The molecule has 0 amide bonds. The van der Waals surface area contributed by atoms with Crippen molar-refractivity contribution in [3.63, 3.8) is 0 Å². The van der Waals surface area contributed by atoms with Crippen LogP contribution in [0, 0.1) is 0 Å². The van der Waals surface area contributed by atoms with Gasteiger partial charge in [0, 0.05) is 12.0 Å². The minimum Gasteiger partial charge on any atom is -0.427 e. The second-order valence-corrected chi connectivity index (χ2v) is 2.51. The quantitative estimate of drug-likeness (QED) is 0.403. The van der Waals surface area contributed by atoms with Gasteiger partial charge in [0.1, 0.15) is 12.0 Å². The SMILES string of the molecule is CCC(=O)Oc1ccc(C=O)cc1. The van der Waals surface area contributed by atoms with Crippen LogP contribution in [0.5, 0.6) is 5.75 Å². The Kier molecular flexibility index (Phi) is 3.20. The predicted octanol–water partition coefficient (Wildman–Crippen LogP) is 1.81. The maximum absolute atomic E-state index is 10.8. The molecular weight excluding hydrogens is 168 g/mol. The third-order valence-corrected chi connectivity index (χ3v) is 1.54. The molecule has 0 fully saturated rings. The fraction of sp³-hybridized carbons (Fsp3) is 0.200. The topological polar surface area (TPSA) is 43.4 Å². The highest BCUT2D eigenvalue weighted by Gasteiger charge is 2.00. The Bertz CT molecular complexity index is 300. The summed E-state index contributed by atoms with van der Waals surface area (Å²) in [5.41, 5.74) is 0.566. The summed E-state index contributed by atoms with van der Waals surface area (Å²) in [4.78, 5) is 21.1. The van der Waals surface area contributed by atoms with E-state index in [1.165, 1.54) is 0 Å². The molecule has 0 heterocycles. The minimum absolute atomic E-state index is 0.279. The van der Waals surface area contributed by atoms with Crippen LogP contribution >= 0.6 is 0 Å². The fourth-order valence-electron chi connectivity index (χ4n) is 0.818. The second kappa shape index (κ2) is 4.40. The average molecular weight is 178 g/mol. The molecule has 0 radical (unpaired) electrons. The Morgan fingerprint density at radius 2 is 2.00 bits per heavy atom. The third kappa shape index (κ3) is 2.71. The van der Waals surface area contributed by atoms with Crippen LogP contribution < -0.4 is 4.74 Å². The standard InChI is InChI=1S/C10H10O3/c1-2-10(12)13-9-5-3-8(7-11)4-6-9/h3-7H,2H2,1H3. The molecule has 0 aromatic heterocycles. The Hall–Kier alpha value is -1.64. The van der Waals surface area contributed by atoms with E-state index in [0.29, 0.717) is 17.7 Å². The van der Waals surface area contributed by atoms with Crippen molar-refractivity contribution in [3.8, 4) is 5.75 Å². The third-order valence-electron chi connectivity index (χ3n) is 1.54. The maximum Gasteiger partial charge on any atom is 0.310 e. The Labute approximate surface area is 76.3 Å². The minimum atomic E-state index is -0.279. The smallest absolute Gasteiger partial charge is 0.310 e. The van der Waals surface area contributed by atoms with Gasteiger partial charge in [-0.2, -0.15) is 0 Å². The number of carbonyl (C=O) groups is 2. The lowest BCUT2D eigenvalue weighted by Gasteiger charge is -2.01. The molecule has 0 aliphatic carbocycles. The molecule has 1 aromatic rings. The molecule has 0 atom stereocenters. The van der Waals surface area contributed by atoms with E-state index in [4.69, 9.17) is 4.74 Å². The lowest BCUT2D eigenvalue weighted by molar-refractivity contribution is -0.134. The summed E-state index contributed by atoms with van der Waals surface area (Å²) in [6.45, 7) is 1.72. The summed E-state index contributed by atoms with van der Waals surface area (Å²) in [6, 6.07) is 6.39. The van der Waals surface area contributed by atoms with Crippen molar-refractivity contribution >= 4 is 12.3 Å². The van der Waals surface area contributed by atoms with Crippen LogP contribution in [0.3, 0.4) is 0 Å². The first-order valence-electron chi connectivity index (χ1n) is 4.02. The molecule has 0 bridgehead atoms. The van der Waals surface area contributed by atoms with Crippen molar-refractivity contribution in [1.29, 1.82) is 0 Å². The highest BCUT2D eigenvalue weighted by atomic mass is 16.5. The summed E-state index contributed by atoms with van der Waals surface area (Å²) < 4.78 is 4.91. The van der Waals surface area contributed by atoms with E-state index in [1.54, 1.807) is 31.2 Å². The first kappa shape index (κ1) is 9.45. The van der Waals surface area contributed by atoms with E-state index in [0.717, 1.165) is 6.29 Å². The highest BCUT2D eigenvalue weighted by molar-refractivity contribution is 5.76. The number of benzene rings is 1. The summed E-state index contributed by atoms with van der Waals surface area (Å²) in [5.74, 6) is 0.191. The molecule has 0 saturated heterocycles. The van der Waals surface area contributed by atoms with E-state index in [2.05, 4.69) is 0 Å². The molecule has 0 saturated carbocycles. The van der Waals surface area contributed by atoms with E-state index in [1.807, 2.05) is 0 Å². The van der Waals surface area contributed by atoms with Gasteiger partial charge in [-0.1, -0.05) is 6.92 Å². The van der Waals surface area contributed by atoms with Crippen molar-refractivity contribution in [1.82, 2.24) is 0 Å². The van der Waals surface area contributed by atoms with Gasteiger partial charge in [0.05, 0.1) is 0 Å². The van der Waals surface area contributed by atoms with Gasteiger partial charge in [-0.25, -0.2) is 0 Å². The first-order chi connectivity index (χ1) is 6.26. The van der Waals surface area contributed by atoms with Gasteiger partial charge in [0.15, 0.2) is 0 Å². The zero-order valence-corrected chi connectivity index (χ0v) is 7.32. The molecule has 3 heteroatoms. The Balaban J connectivity index is 2.69. The molecule has 0 aliphatic heterocycles. The van der Waals surface area contributed by atoms with Crippen molar-refractivity contribution in [2.75, 3.05) is 0 Å². The highest BCUT2D eigenvalue weighted by Crippen LogP contribution is 2.11. The van der Waals surface area contributed by atoms with E-state index < -0.39 is 0 Å².